The minimum absolute atomic E-state index is 0.0844. The molecule has 2 aromatic rings. The Bertz CT molecular complexity index is 889. The second-order valence-electron chi connectivity index (χ2n) is 6.28. The first kappa shape index (κ1) is 17.4. The van der Waals surface area contributed by atoms with Gasteiger partial charge in [-0.15, -0.1) is 5.53 Å². The zero-order chi connectivity index (χ0) is 19.0. The van der Waals surface area contributed by atoms with Gasteiger partial charge in [-0.2, -0.15) is 8.78 Å². The van der Waals surface area contributed by atoms with E-state index in [2.05, 4.69) is 31.4 Å². The van der Waals surface area contributed by atoms with E-state index in [0.717, 1.165) is 47.6 Å². The van der Waals surface area contributed by atoms with Crippen molar-refractivity contribution in [2.24, 2.45) is 0 Å². The summed E-state index contributed by atoms with van der Waals surface area (Å²) in [6.07, 6.45) is 3.19. The Kier molecular flexibility index (Phi) is 4.48. The highest BCUT2D eigenvalue weighted by Gasteiger charge is 2.29. The maximum atomic E-state index is 13.8. The van der Waals surface area contributed by atoms with Crippen molar-refractivity contribution < 1.29 is 22.7 Å². The van der Waals surface area contributed by atoms with Crippen LogP contribution in [0.2, 0.25) is 0 Å². The summed E-state index contributed by atoms with van der Waals surface area (Å²) >= 11 is 0. The largest absolute Gasteiger partial charge is 0.414 e. The Hall–Kier alpha value is -3.01. The van der Waals surface area contributed by atoms with Gasteiger partial charge in [0.05, 0.1) is 16.9 Å². The molecule has 0 spiro atoms. The Labute approximate surface area is 152 Å². The van der Waals surface area contributed by atoms with Crippen LogP contribution in [0.4, 0.5) is 24.5 Å². The predicted molar refractivity (Wildman–Crippen MR) is 90.8 cm³/mol. The topological polar surface area (TPSA) is 87.3 Å². The first-order chi connectivity index (χ1) is 13.0. The van der Waals surface area contributed by atoms with E-state index in [4.69, 9.17) is 0 Å². The highest BCUT2D eigenvalue weighted by molar-refractivity contribution is 5.94. The second kappa shape index (κ2) is 6.95. The maximum absolute atomic E-state index is 13.8. The number of nitrogens with one attached hydrogen (secondary N) is 4. The molecule has 1 aliphatic heterocycles. The predicted octanol–water partition coefficient (Wildman–Crippen LogP) is 2.89. The Morgan fingerprint density at radius 2 is 2.15 bits per heavy atom. The van der Waals surface area contributed by atoms with Crippen LogP contribution < -0.4 is 26.4 Å². The average Bonchev–Trinajstić information content (AvgIpc) is 3.37. The summed E-state index contributed by atoms with van der Waals surface area (Å²) in [5, 5.41) is 2.73. The minimum atomic E-state index is -3.19. The molecular weight excluding hydrogens is 363 g/mol. The van der Waals surface area contributed by atoms with E-state index in [-0.39, 0.29) is 12.1 Å². The van der Waals surface area contributed by atoms with Gasteiger partial charge >= 0.3 is 6.61 Å². The average molecular weight is 379 g/mol. The van der Waals surface area contributed by atoms with Crippen molar-refractivity contribution >= 4 is 17.3 Å². The highest BCUT2D eigenvalue weighted by atomic mass is 19.3. The number of benzene rings is 1. The Morgan fingerprint density at radius 1 is 1.33 bits per heavy atom. The first-order valence-electron chi connectivity index (χ1n) is 8.34. The van der Waals surface area contributed by atoms with Gasteiger partial charge in [-0.3, -0.25) is 4.79 Å². The molecule has 0 saturated heterocycles. The molecule has 7 nitrogen and oxygen atoms in total. The normalized spacial score (nSPS) is 15.1. The third-order valence-electron chi connectivity index (χ3n) is 4.45. The fourth-order valence-electron chi connectivity index (χ4n) is 3.03. The SMILES string of the molecule is O=C(NCc1c(C2CC2)ccc2c1NNN2)c1cnc(OC(F)F)c(F)c1. The Morgan fingerprint density at radius 3 is 2.85 bits per heavy atom. The summed E-state index contributed by atoms with van der Waals surface area (Å²) in [6.45, 7) is -2.97. The molecular formula is C17H16F3N5O2. The molecule has 2 heterocycles. The minimum Gasteiger partial charge on any atom is -0.414 e. The number of pyridine rings is 1. The molecule has 1 aromatic carbocycles. The smallest absolute Gasteiger partial charge is 0.388 e. The van der Waals surface area contributed by atoms with Crippen molar-refractivity contribution in [3.05, 3.63) is 46.9 Å². The van der Waals surface area contributed by atoms with E-state index in [1.807, 2.05) is 12.1 Å². The van der Waals surface area contributed by atoms with E-state index in [9.17, 15) is 18.0 Å². The van der Waals surface area contributed by atoms with Crippen LogP contribution >= 0.6 is 0 Å². The van der Waals surface area contributed by atoms with Crippen molar-refractivity contribution in [2.45, 2.75) is 31.9 Å². The van der Waals surface area contributed by atoms with Gasteiger partial charge in [0.15, 0.2) is 5.82 Å². The molecule has 0 unspecified atom stereocenters. The fraction of sp³-hybridized carbons (Fsp3) is 0.294. The van der Waals surface area contributed by atoms with Gasteiger partial charge in [0.1, 0.15) is 0 Å². The van der Waals surface area contributed by atoms with Gasteiger partial charge in [0.2, 0.25) is 0 Å². The monoisotopic (exact) mass is 379 g/mol. The molecule has 2 aliphatic rings. The van der Waals surface area contributed by atoms with Gasteiger partial charge in [0, 0.05) is 18.3 Å². The number of ether oxygens (including phenoxy) is 1. The number of rotatable bonds is 6. The number of carbonyl (C=O) groups excluding carboxylic acids is 1. The molecule has 1 aromatic heterocycles. The third kappa shape index (κ3) is 3.61. The van der Waals surface area contributed by atoms with Crippen LogP contribution in [0.3, 0.4) is 0 Å². The lowest BCUT2D eigenvalue weighted by molar-refractivity contribution is -0.0553. The number of hydrazine groups is 2. The van der Waals surface area contributed by atoms with Gasteiger partial charge < -0.3 is 20.9 Å². The number of amides is 1. The molecule has 0 radical (unpaired) electrons. The summed E-state index contributed by atoms with van der Waals surface area (Å²) in [6, 6.07) is 4.80. The number of alkyl halides is 2. The second-order valence-corrected chi connectivity index (χ2v) is 6.28. The molecule has 1 aliphatic carbocycles. The quantitative estimate of drug-likeness (QED) is 0.618. The lowest BCUT2D eigenvalue weighted by Crippen LogP contribution is -2.25. The number of halogens is 3. The van der Waals surface area contributed by atoms with Crippen molar-refractivity contribution in [3.8, 4) is 5.88 Å². The van der Waals surface area contributed by atoms with E-state index in [1.165, 1.54) is 0 Å². The summed E-state index contributed by atoms with van der Waals surface area (Å²) in [7, 11) is 0. The van der Waals surface area contributed by atoms with Crippen LogP contribution in [0.25, 0.3) is 0 Å². The van der Waals surface area contributed by atoms with Crippen LogP contribution in [0.15, 0.2) is 24.4 Å². The Balaban J connectivity index is 1.50. The first-order valence-corrected chi connectivity index (χ1v) is 8.34. The summed E-state index contributed by atoms with van der Waals surface area (Å²) in [5.74, 6) is -2.07. The lowest BCUT2D eigenvalue weighted by atomic mass is 10.00. The number of fused-ring (bicyclic) bond motifs is 1. The molecule has 4 N–H and O–H groups in total. The molecule has 10 heteroatoms. The van der Waals surface area contributed by atoms with E-state index in [1.54, 1.807) is 0 Å². The standard InChI is InChI=1S/C17H16F3N5O2/c18-12-5-9(6-22-16(12)27-17(19)20)15(26)21-7-11-10(8-1-2-8)3-4-13-14(11)24-25-23-13/h3-6,8,17,23-25H,1-2,7H2,(H,21,26). The number of hydrogen-bond donors (Lipinski definition) is 4. The molecule has 1 saturated carbocycles. The van der Waals surface area contributed by atoms with Crippen LogP contribution in [-0.4, -0.2) is 17.5 Å². The summed E-state index contributed by atoms with van der Waals surface area (Å²) in [5.41, 5.74) is 12.5. The fourth-order valence-corrected chi connectivity index (χ4v) is 3.03. The highest BCUT2D eigenvalue weighted by Crippen LogP contribution is 2.45. The van der Waals surface area contributed by atoms with Crippen molar-refractivity contribution in [1.29, 1.82) is 0 Å². The molecule has 0 atom stereocenters. The molecule has 142 valence electrons. The van der Waals surface area contributed by atoms with Crippen LogP contribution in [0.1, 0.15) is 40.2 Å². The molecule has 4 rings (SSSR count). The molecule has 1 amide bonds. The van der Waals surface area contributed by atoms with Gasteiger partial charge in [0.25, 0.3) is 11.8 Å². The maximum Gasteiger partial charge on any atom is 0.388 e. The number of carbonyl (C=O) groups is 1. The summed E-state index contributed by atoms with van der Waals surface area (Å²) in [4.78, 5) is 15.8. The van der Waals surface area contributed by atoms with Gasteiger partial charge in [-0.05, 0) is 36.5 Å². The number of anilines is 2. The molecule has 27 heavy (non-hydrogen) atoms. The van der Waals surface area contributed by atoms with E-state index in [0.29, 0.717) is 5.92 Å². The molecule has 0 bridgehead atoms. The van der Waals surface area contributed by atoms with Crippen LogP contribution in [0, 0.1) is 5.82 Å². The van der Waals surface area contributed by atoms with Gasteiger partial charge in [-0.25, -0.2) is 9.37 Å². The zero-order valence-corrected chi connectivity index (χ0v) is 14.0. The summed E-state index contributed by atoms with van der Waals surface area (Å²) < 4.78 is 42.0. The van der Waals surface area contributed by atoms with E-state index >= 15 is 0 Å². The van der Waals surface area contributed by atoms with Gasteiger partial charge in [-0.1, -0.05) is 6.07 Å². The third-order valence-corrected chi connectivity index (χ3v) is 4.45. The number of aromatic nitrogens is 1. The number of nitrogens with zero attached hydrogens (tertiary/aromatic N) is 1. The van der Waals surface area contributed by atoms with Crippen LogP contribution in [-0.2, 0) is 6.54 Å². The van der Waals surface area contributed by atoms with Crippen molar-refractivity contribution in [2.75, 3.05) is 10.9 Å². The van der Waals surface area contributed by atoms with E-state index < -0.39 is 24.2 Å². The number of hydrogen-bond acceptors (Lipinski definition) is 6. The van der Waals surface area contributed by atoms with Crippen LogP contribution in [0.5, 0.6) is 5.88 Å². The van der Waals surface area contributed by atoms with Crippen molar-refractivity contribution in [3.63, 3.8) is 0 Å². The zero-order valence-electron chi connectivity index (χ0n) is 14.0. The lowest BCUT2D eigenvalue weighted by Gasteiger charge is -2.14. The molecule has 1 fully saturated rings. The van der Waals surface area contributed by atoms with Crippen molar-refractivity contribution in [1.82, 2.24) is 15.8 Å².